The molecule has 25 heavy (non-hydrogen) atoms. The molecule has 1 atom stereocenters. The van der Waals surface area contributed by atoms with Crippen molar-refractivity contribution >= 4 is 17.7 Å². The first-order valence-corrected chi connectivity index (χ1v) is 9.35. The molecular weight excluding hydrogens is 336 g/mol. The Morgan fingerprint density at radius 3 is 2.72 bits per heavy atom. The number of pyridine rings is 1. The van der Waals surface area contributed by atoms with Crippen molar-refractivity contribution in [1.29, 1.82) is 0 Å². The maximum atomic E-state index is 12.4. The van der Waals surface area contributed by atoms with Crippen LogP contribution in [0, 0.1) is 5.92 Å². The zero-order valence-corrected chi connectivity index (χ0v) is 15.2. The largest absolute Gasteiger partial charge is 0.486 e. The number of carbonyl (C=O) groups is 1. The zero-order valence-electron chi connectivity index (χ0n) is 14.4. The van der Waals surface area contributed by atoms with E-state index in [4.69, 9.17) is 9.47 Å². The van der Waals surface area contributed by atoms with E-state index in [2.05, 4.69) is 24.1 Å². The van der Waals surface area contributed by atoms with Crippen LogP contribution in [0.5, 0.6) is 11.5 Å². The fourth-order valence-electron chi connectivity index (χ4n) is 2.68. The first-order valence-electron chi connectivity index (χ1n) is 8.36. The third-order valence-electron chi connectivity index (χ3n) is 3.90. The Morgan fingerprint density at radius 1 is 1.20 bits per heavy atom. The molecule has 0 bridgehead atoms. The molecular formula is C19H22N2O3S. The average Bonchev–Trinajstić information content (AvgIpc) is 2.64. The summed E-state index contributed by atoms with van der Waals surface area (Å²) >= 11 is 1.43. The van der Waals surface area contributed by atoms with Gasteiger partial charge in [0.05, 0.1) is 16.8 Å². The maximum absolute atomic E-state index is 12.4. The number of rotatable bonds is 6. The number of nitrogens with zero attached hydrogens (tertiary/aromatic N) is 1. The van der Waals surface area contributed by atoms with Crippen LogP contribution in [0.1, 0.15) is 25.5 Å². The lowest BCUT2D eigenvalue weighted by Crippen LogP contribution is -2.33. The number of amides is 1. The molecule has 3 rings (SSSR count). The van der Waals surface area contributed by atoms with E-state index in [1.54, 1.807) is 6.20 Å². The summed E-state index contributed by atoms with van der Waals surface area (Å²) in [7, 11) is 0. The molecule has 5 nitrogen and oxygen atoms in total. The second kappa shape index (κ2) is 8.25. The summed E-state index contributed by atoms with van der Waals surface area (Å²) < 4.78 is 11.2. The maximum Gasteiger partial charge on any atom is 0.230 e. The number of benzene rings is 1. The van der Waals surface area contributed by atoms with Crippen molar-refractivity contribution in [3.63, 3.8) is 0 Å². The van der Waals surface area contributed by atoms with Crippen LogP contribution in [0.25, 0.3) is 0 Å². The Hall–Kier alpha value is -2.21. The lowest BCUT2D eigenvalue weighted by Gasteiger charge is -2.25. The first-order chi connectivity index (χ1) is 12.1. The standard InChI is InChI=1S/C19H22N2O3S/c1-13(2)19(14-6-7-15-16(11-14)24-10-9-23-15)21-17(22)12-25-18-5-3-4-8-20-18/h3-8,11,13,19H,9-10,12H2,1-2H3,(H,21,22)/t19-/m0/s1. The van der Waals surface area contributed by atoms with Crippen LogP contribution in [0.2, 0.25) is 0 Å². The third-order valence-corrected chi connectivity index (χ3v) is 4.84. The molecule has 2 aromatic rings. The van der Waals surface area contributed by atoms with Crippen molar-refractivity contribution in [3.05, 3.63) is 48.2 Å². The second-order valence-corrected chi connectivity index (χ2v) is 7.14. The fourth-order valence-corrected chi connectivity index (χ4v) is 3.35. The van der Waals surface area contributed by atoms with Gasteiger partial charge in [-0.3, -0.25) is 4.79 Å². The summed E-state index contributed by atoms with van der Waals surface area (Å²) in [5.74, 6) is 2.08. The first kappa shape index (κ1) is 17.6. The summed E-state index contributed by atoms with van der Waals surface area (Å²) in [4.78, 5) is 16.6. The van der Waals surface area contributed by atoms with Crippen molar-refractivity contribution in [1.82, 2.24) is 10.3 Å². The number of thioether (sulfide) groups is 1. The van der Waals surface area contributed by atoms with Gasteiger partial charge in [-0.1, -0.05) is 37.7 Å². The van der Waals surface area contributed by atoms with Gasteiger partial charge in [-0.25, -0.2) is 4.98 Å². The van der Waals surface area contributed by atoms with E-state index in [1.165, 1.54) is 11.8 Å². The predicted octanol–water partition coefficient (Wildman–Crippen LogP) is 3.46. The highest BCUT2D eigenvalue weighted by molar-refractivity contribution is 7.99. The van der Waals surface area contributed by atoms with E-state index >= 15 is 0 Å². The van der Waals surface area contributed by atoms with E-state index in [0.717, 1.165) is 22.1 Å². The molecule has 6 heteroatoms. The predicted molar refractivity (Wildman–Crippen MR) is 98.1 cm³/mol. The smallest absolute Gasteiger partial charge is 0.230 e. The minimum atomic E-state index is -0.0762. The monoisotopic (exact) mass is 358 g/mol. The molecule has 1 amide bonds. The number of hydrogen-bond acceptors (Lipinski definition) is 5. The van der Waals surface area contributed by atoms with Crippen molar-refractivity contribution in [3.8, 4) is 11.5 Å². The van der Waals surface area contributed by atoms with E-state index in [1.807, 2.05) is 36.4 Å². The van der Waals surface area contributed by atoms with Gasteiger partial charge in [-0.2, -0.15) is 0 Å². The van der Waals surface area contributed by atoms with Gasteiger partial charge in [0, 0.05) is 6.20 Å². The topological polar surface area (TPSA) is 60.5 Å². The molecule has 1 aromatic carbocycles. The second-order valence-electron chi connectivity index (χ2n) is 6.15. The number of nitrogens with one attached hydrogen (secondary N) is 1. The summed E-state index contributed by atoms with van der Waals surface area (Å²) in [6.45, 7) is 5.30. The summed E-state index contributed by atoms with van der Waals surface area (Å²) in [6.07, 6.45) is 1.73. The van der Waals surface area contributed by atoms with Crippen LogP contribution in [0.15, 0.2) is 47.6 Å². The van der Waals surface area contributed by atoms with Gasteiger partial charge >= 0.3 is 0 Å². The van der Waals surface area contributed by atoms with Gasteiger partial charge in [0.25, 0.3) is 0 Å². The molecule has 1 N–H and O–H groups in total. The van der Waals surface area contributed by atoms with Crippen LogP contribution in [-0.2, 0) is 4.79 Å². The molecule has 0 saturated carbocycles. The third kappa shape index (κ3) is 4.66. The number of ether oxygens (including phenoxy) is 2. The minimum Gasteiger partial charge on any atom is -0.486 e. The van der Waals surface area contributed by atoms with Gasteiger partial charge in [0.1, 0.15) is 13.2 Å². The van der Waals surface area contributed by atoms with Gasteiger partial charge in [-0.15, -0.1) is 0 Å². The highest BCUT2D eigenvalue weighted by Crippen LogP contribution is 2.34. The fraction of sp³-hybridized carbons (Fsp3) is 0.368. The van der Waals surface area contributed by atoms with Gasteiger partial charge < -0.3 is 14.8 Å². The van der Waals surface area contributed by atoms with Crippen molar-refractivity contribution in [2.45, 2.75) is 24.9 Å². The lowest BCUT2D eigenvalue weighted by atomic mass is 9.95. The van der Waals surface area contributed by atoms with Crippen LogP contribution >= 0.6 is 11.8 Å². The molecule has 0 radical (unpaired) electrons. The average molecular weight is 358 g/mol. The molecule has 132 valence electrons. The van der Waals surface area contributed by atoms with Crippen LogP contribution in [0.3, 0.4) is 0 Å². The Bertz CT molecular complexity index is 722. The van der Waals surface area contributed by atoms with Crippen molar-refractivity contribution < 1.29 is 14.3 Å². The highest BCUT2D eigenvalue weighted by atomic mass is 32.2. The SMILES string of the molecule is CC(C)[C@H](NC(=O)CSc1ccccn1)c1ccc2c(c1)OCCO2. The van der Waals surface area contributed by atoms with Crippen molar-refractivity contribution in [2.24, 2.45) is 5.92 Å². The molecule has 2 heterocycles. The van der Waals surface area contributed by atoms with E-state index in [0.29, 0.717) is 19.0 Å². The van der Waals surface area contributed by atoms with Gasteiger partial charge in [0.2, 0.25) is 5.91 Å². The number of fused-ring (bicyclic) bond motifs is 1. The van der Waals surface area contributed by atoms with Gasteiger partial charge in [-0.05, 0) is 35.7 Å². The Balaban J connectivity index is 1.65. The van der Waals surface area contributed by atoms with Crippen molar-refractivity contribution in [2.75, 3.05) is 19.0 Å². The van der Waals surface area contributed by atoms with Crippen LogP contribution in [0.4, 0.5) is 0 Å². The van der Waals surface area contributed by atoms with Gasteiger partial charge in [0.15, 0.2) is 11.5 Å². The molecule has 0 spiro atoms. The molecule has 1 aliphatic heterocycles. The van der Waals surface area contributed by atoms with E-state index in [-0.39, 0.29) is 17.9 Å². The lowest BCUT2D eigenvalue weighted by molar-refractivity contribution is -0.119. The summed E-state index contributed by atoms with van der Waals surface area (Å²) in [5, 5.41) is 3.97. The number of hydrogen-bond donors (Lipinski definition) is 1. The molecule has 0 saturated heterocycles. The van der Waals surface area contributed by atoms with E-state index < -0.39 is 0 Å². The summed E-state index contributed by atoms with van der Waals surface area (Å²) in [6, 6.07) is 11.5. The normalized spacial score (nSPS) is 14.2. The Labute approximate surface area is 152 Å². The molecule has 0 aliphatic carbocycles. The Kier molecular flexibility index (Phi) is 5.81. The molecule has 0 unspecified atom stereocenters. The minimum absolute atomic E-state index is 0.00996. The van der Waals surface area contributed by atoms with Crippen LogP contribution in [-0.4, -0.2) is 29.9 Å². The molecule has 0 fully saturated rings. The Morgan fingerprint density at radius 2 is 2.00 bits per heavy atom. The quantitative estimate of drug-likeness (QED) is 0.802. The number of carbonyl (C=O) groups excluding carboxylic acids is 1. The zero-order chi connectivity index (χ0) is 17.6. The van der Waals surface area contributed by atoms with E-state index in [9.17, 15) is 4.79 Å². The highest BCUT2D eigenvalue weighted by Gasteiger charge is 2.21. The summed E-state index contributed by atoms with van der Waals surface area (Å²) in [5.41, 5.74) is 1.02. The van der Waals surface area contributed by atoms with Crippen LogP contribution < -0.4 is 14.8 Å². The molecule has 1 aromatic heterocycles. The number of aromatic nitrogens is 1. The molecule has 1 aliphatic rings.